The number of nitrogens with zero attached hydrogens (tertiary/aromatic N) is 4. The molecule has 0 spiro atoms. The van der Waals surface area contributed by atoms with Crippen LogP contribution in [0.1, 0.15) is 11.4 Å². The minimum atomic E-state index is -4.45. The fourth-order valence-electron chi connectivity index (χ4n) is 1.25. The standard InChI is InChI=1S/C9H7F3N4/c1-6-14-5-16(15-6)8-7(9(10,11)12)3-2-4-13-8/h2-5H,1H3. The van der Waals surface area contributed by atoms with Crippen LogP contribution in [0.5, 0.6) is 0 Å². The molecule has 2 aromatic rings. The van der Waals surface area contributed by atoms with E-state index in [0.29, 0.717) is 5.82 Å². The Balaban J connectivity index is 2.57. The van der Waals surface area contributed by atoms with E-state index in [4.69, 9.17) is 0 Å². The zero-order valence-corrected chi connectivity index (χ0v) is 8.23. The molecule has 0 saturated heterocycles. The molecular weight excluding hydrogens is 221 g/mol. The molecule has 0 bridgehead atoms. The summed E-state index contributed by atoms with van der Waals surface area (Å²) in [6, 6.07) is 2.19. The van der Waals surface area contributed by atoms with Crippen LogP contribution in [-0.4, -0.2) is 19.7 Å². The summed E-state index contributed by atoms with van der Waals surface area (Å²) in [6.45, 7) is 1.59. The first kappa shape index (κ1) is 10.6. The summed E-state index contributed by atoms with van der Waals surface area (Å²) in [4.78, 5) is 7.43. The Morgan fingerprint density at radius 3 is 2.56 bits per heavy atom. The molecule has 2 heterocycles. The van der Waals surface area contributed by atoms with Crippen LogP contribution in [0.4, 0.5) is 13.2 Å². The maximum atomic E-state index is 12.6. The van der Waals surface area contributed by atoms with E-state index in [1.807, 2.05) is 0 Å². The zero-order chi connectivity index (χ0) is 11.8. The maximum Gasteiger partial charge on any atom is 0.420 e. The van der Waals surface area contributed by atoms with Gasteiger partial charge in [-0.25, -0.2) is 14.6 Å². The normalized spacial score (nSPS) is 11.8. The highest BCUT2D eigenvalue weighted by Crippen LogP contribution is 2.32. The molecule has 0 aliphatic carbocycles. The second kappa shape index (κ2) is 3.58. The number of aryl methyl sites for hydroxylation is 1. The van der Waals surface area contributed by atoms with Crippen molar-refractivity contribution in [1.82, 2.24) is 19.7 Å². The zero-order valence-electron chi connectivity index (χ0n) is 8.23. The molecule has 7 heteroatoms. The smallest absolute Gasteiger partial charge is 0.237 e. The average Bonchev–Trinajstić information content (AvgIpc) is 2.64. The lowest BCUT2D eigenvalue weighted by Crippen LogP contribution is -2.12. The van der Waals surface area contributed by atoms with Gasteiger partial charge in [-0.05, 0) is 19.1 Å². The highest BCUT2D eigenvalue weighted by molar-refractivity contribution is 5.34. The van der Waals surface area contributed by atoms with E-state index in [1.165, 1.54) is 18.6 Å². The maximum absolute atomic E-state index is 12.6. The van der Waals surface area contributed by atoms with Gasteiger partial charge in [0, 0.05) is 6.20 Å². The first-order valence-corrected chi connectivity index (χ1v) is 4.39. The Hall–Kier alpha value is -1.92. The van der Waals surface area contributed by atoms with Gasteiger partial charge in [-0.2, -0.15) is 18.3 Å². The fourth-order valence-corrected chi connectivity index (χ4v) is 1.25. The average molecular weight is 228 g/mol. The molecule has 0 unspecified atom stereocenters. The van der Waals surface area contributed by atoms with E-state index >= 15 is 0 Å². The van der Waals surface area contributed by atoms with Crippen LogP contribution < -0.4 is 0 Å². The van der Waals surface area contributed by atoms with Crippen molar-refractivity contribution in [2.24, 2.45) is 0 Å². The van der Waals surface area contributed by atoms with E-state index in [0.717, 1.165) is 10.7 Å². The highest BCUT2D eigenvalue weighted by Gasteiger charge is 2.34. The first-order valence-electron chi connectivity index (χ1n) is 4.39. The van der Waals surface area contributed by atoms with Crippen LogP contribution in [-0.2, 0) is 6.18 Å². The third-order valence-electron chi connectivity index (χ3n) is 1.92. The Labute approximate surface area is 88.8 Å². The second-order valence-corrected chi connectivity index (χ2v) is 3.11. The van der Waals surface area contributed by atoms with Crippen LogP contribution in [0.3, 0.4) is 0 Å². The Morgan fingerprint density at radius 2 is 2.00 bits per heavy atom. The molecule has 0 N–H and O–H groups in total. The van der Waals surface area contributed by atoms with Gasteiger partial charge in [0.2, 0.25) is 0 Å². The summed E-state index contributed by atoms with van der Waals surface area (Å²) in [7, 11) is 0. The number of hydrogen-bond donors (Lipinski definition) is 0. The molecule has 0 aliphatic rings. The molecule has 0 amide bonds. The minimum Gasteiger partial charge on any atom is -0.237 e. The van der Waals surface area contributed by atoms with E-state index < -0.39 is 11.7 Å². The summed E-state index contributed by atoms with van der Waals surface area (Å²) in [5.41, 5.74) is -0.833. The number of alkyl halides is 3. The molecule has 0 aromatic carbocycles. The van der Waals surface area contributed by atoms with Crippen molar-refractivity contribution in [1.29, 1.82) is 0 Å². The summed E-state index contributed by atoms with van der Waals surface area (Å²) in [5, 5.41) is 3.80. The lowest BCUT2D eigenvalue weighted by atomic mass is 10.2. The van der Waals surface area contributed by atoms with Gasteiger partial charge in [-0.1, -0.05) is 0 Å². The molecular formula is C9H7F3N4. The summed E-state index contributed by atoms with van der Waals surface area (Å²) < 4.78 is 38.9. The Kier molecular flexibility index (Phi) is 2.37. The Bertz CT molecular complexity index is 503. The molecule has 0 saturated carbocycles. The SMILES string of the molecule is Cc1ncn(-c2ncccc2C(F)(F)F)n1. The number of pyridine rings is 1. The molecule has 16 heavy (non-hydrogen) atoms. The van der Waals surface area contributed by atoms with Crippen LogP contribution >= 0.6 is 0 Å². The van der Waals surface area contributed by atoms with Crippen molar-refractivity contribution >= 4 is 0 Å². The molecule has 0 radical (unpaired) electrons. The molecule has 0 aliphatic heterocycles. The van der Waals surface area contributed by atoms with Crippen molar-refractivity contribution in [2.45, 2.75) is 13.1 Å². The third-order valence-corrected chi connectivity index (χ3v) is 1.92. The van der Waals surface area contributed by atoms with Crippen molar-refractivity contribution in [3.8, 4) is 5.82 Å². The number of aromatic nitrogens is 4. The van der Waals surface area contributed by atoms with E-state index in [-0.39, 0.29) is 5.82 Å². The van der Waals surface area contributed by atoms with Crippen molar-refractivity contribution in [3.05, 3.63) is 36.0 Å². The number of hydrogen-bond acceptors (Lipinski definition) is 3. The Morgan fingerprint density at radius 1 is 1.25 bits per heavy atom. The fraction of sp³-hybridized carbons (Fsp3) is 0.222. The van der Waals surface area contributed by atoms with Crippen LogP contribution in [0.25, 0.3) is 5.82 Å². The summed E-state index contributed by atoms with van der Waals surface area (Å²) >= 11 is 0. The van der Waals surface area contributed by atoms with Crippen molar-refractivity contribution in [3.63, 3.8) is 0 Å². The van der Waals surface area contributed by atoms with Crippen LogP contribution in [0.15, 0.2) is 24.7 Å². The van der Waals surface area contributed by atoms with Crippen LogP contribution in [0, 0.1) is 6.92 Å². The van der Waals surface area contributed by atoms with Gasteiger partial charge in [0.1, 0.15) is 17.7 Å². The third kappa shape index (κ3) is 1.88. The van der Waals surface area contributed by atoms with Gasteiger partial charge in [0.25, 0.3) is 0 Å². The largest absolute Gasteiger partial charge is 0.420 e. The van der Waals surface area contributed by atoms with Gasteiger partial charge in [0.15, 0.2) is 5.82 Å². The molecule has 0 atom stereocenters. The lowest BCUT2D eigenvalue weighted by molar-refractivity contribution is -0.137. The molecule has 0 fully saturated rings. The van der Waals surface area contributed by atoms with Gasteiger partial charge in [0.05, 0.1) is 0 Å². The minimum absolute atomic E-state index is 0.268. The quantitative estimate of drug-likeness (QED) is 0.749. The lowest BCUT2D eigenvalue weighted by Gasteiger charge is -2.10. The van der Waals surface area contributed by atoms with E-state index in [9.17, 15) is 13.2 Å². The monoisotopic (exact) mass is 228 g/mol. The van der Waals surface area contributed by atoms with Crippen molar-refractivity contribution in [2.75, 3.05) is 0 Å². The number of rotatable bonds is 1. The van der Waals surface area contributed by atoms with Gasteiger partial charge >= 0.3 is 6.18 Å². The first-order chi connectivity index (χ1) is 7.48. The summed E-state index contributed by atoms with van der Waals surface area (Å²) in [6.07, 6.45) is -1.97. The second-order valence-electron chi connectivity index (χ2n) is 3.11. The molecule has 84 valence electrons. The van der Waals surface area contributed by atoms with Gasteiger partial charge in [-0.3, -0.25) is 0 Å². The van der Waals surface area contributed by atoms with E-state index in [1.54, 1.807) is 6.92 Å². The number of halogens is 3. The topological polar surface area (TPSA) is 43.6 Å². The van der Waals surface area contributed by atoms with E-state index in [2.05, 4.69) is 15.1 Å². The predicted octanol–water partition coefficient (Wildman–Crippen LogP) is 1.99. The van der Waals surface area contributed by atoms with Crippen molar-refractivity contribution < 1.29 is 13.2 Å². The summed E-state index contributed by atoms with van der Waals surface area (Å²) in [5.74, 6) is 0.120. The highest BCUT2D eigenvalue weighted by atomic mass is 19.4. The molecule has 4 nitrogen and oxygen atoms in total. The molecule has 2 rings (SSSR count). The van der Waals surface area contributed by atoms with Gasteiger partial charge in [-0.15, -0.1) is 0 Å². The molecule has 2 aromatic heterocycles. The van der Waals surface area contributed by atoms with Crippen LogP contribution in [0.2, 0.25) is 0 Å². The van der Waals surface area contributed by atoms with Gasteiger partial charge < -0.3 is 0 Å². The predicted molar refractivity (Wildman–Crippen MR) is 48.9 cm³/mol.